The first-order valence-corrected chi connectivity index (χ1v) is 22.8. The molecule has 0 radical (unpaired) electrons. The zero-order chi connectivity index (χ0) is 38.6. The van der Waals surface area contributed by atoms with Crippen LogP contribution in [0.4, 0.5) is 0 Å². The molecule has 0 aliphatic carbocycles. The Balaban J connectivity index is 4.36. The number of nitrogens with one attached hydrogen (secondary N) is 1. The fourth-order valence-corrected chi connectivity index (χ4v) is 6.59. The molecular formula is C43H83N2O6P. The number of carbonyl (C=O) groups is 1. The van der Waals surface area contributed by atoms with Crippen molar-refractivity contribution in [3.05, 3.63) is 36.5 Å². The molecule has 0 rings (SSSR count). The summed E-state index contributed by atoms with van der Waals surface area (Å²) in [5, 5.41) is 13.7. The monoisotopic (exact) mass is 755 g/mol. The summed E-state index contributed by atoms with van der Waals surface area (Å²) in [6.07, 6.45) is 42.0. The summed E-state index contributed by atoms with van der Waals surface area (Å²) in [5.41, 5.74) is 0. The van der Waals surface area contributed by atoms with E-state index >= 15 is 0 Å². The van der Waals surface area contributed by atoms with E-state index in [9.17, 15) is 19.4 Å². The fourth-order valence-electron chi connectivity index (χ4n) is 5.87. The third-order valence-corrected chi connectivity index (χ3v) is 10.3. The number of phosphoric ester groups is 1. The van der Waals surface area contributed by atoms with Crippen molar-refractivity contribution < 1.29 is 32.9 Å². The molecule has 2 N–H and O–H groups in total. The highest BCUT2D eigenvalue weighted by molar-refractivity contribution is 7.45. The van der Waals surface area contributed by atoms with Gasteiger partial charge in [-0.15, -0.1) is 0 Å². The van der Waals surface area contributed by atoms with Crippen molar-refractivity contribution in [2.75, 3.05) is 40.9 Å². The zero-order valence-corrected chi connectivity index (χ0v) is 35.4. The molecule has 1 amide bonds. The van der Waals surface area contributed by atoms with Gasteiger partial charge in [0.1, 0.15) is 13.2 Å². The number of unbranched alkanes of at least 4 members (excludes halogenated alkanes) is 21. The van der Waals surface area contributed by atoms with Crippen molar-refractivity contribution in [1.82, 2.24) is 5.32 Å². The average molecular weight is 755 g/mol. The Labute approximate surface area is 321 Å². The second-order valence-corrected chi connectivity index (χ2v) is 17.1. The largest absolute Gasteiger partial charge is 0.756 e. The van der Waals surface area contributed by atoms with Gasteiger partial charge < -0.3 is 28.8 Å². The fraction of sp³-hybridized carbons (Fsp3) is 0.837. The van der Waals surface area contributed by atoms with Gasteiger partial charge in [0.05, 0.1) is 39.9 Å². The summed E-state index contributed by atoms with van der Waals surface area (Å²) < 4.78 is 23.1. The zero-order valence-electron chi connectivity index (χ0n) is 34.5. The van der Waals surface area contributed by atoms with E-state index in [-0.39, 0.29) is 12.5 Å². The topological polar surface area (TPSA) is 108 Å². The Hall–Kier alpha value is -1.28. The lowest BCUT2D eigenvalue weighted by molar-refractivity contribution is -0.870. The molecule has 9 heteroatoms. The summed E-state index contributed by atoms with van der Waals surface area (Å²) in [4.78, 5) is 25.2. The number of aliphatic hydroxyl groups is 1. The van der Waals surface area contributed by atoms with E-state index in [0.29, 0.717) is 17.4 Å². The predicted octanol–water partition coefficient (Wildman–Crippen LogP) is 10.9. The summed E-state index contributed by atoms with van der Waals surface area (Å²) in [7, 11) is 1.24. The highest BCUT2D eigenvalue weighted by atomic mass is 31.2. The third kappa shape index (κ3) is 37.1. The molecule has 3 unspecified atom stereocenters. The van der Waals surface area contributed by atoms with Crippen LogP contribution in [0.2, 0.25) is 0 Å². The summed E-state index contributed by atoms with van der Waals surface area (Å²) in [6.45, 7) is 4.57. The molecule has 0 aliphatic rings. The van der Waals surface area contributed by atoms with Gasteiger partial charge in [-0.25, -0.2) is 0 Å². The van der Waals surface area contributed by atoms with Crippen LogP contribution >= 0.6 is 7.82 Å². The van der Waals surface area contributed by atoms with Gasteiger partial charge in [0, 0.05) is 6.42 Å². The molecule has 306 valence electrons. The number of likely N-dealkylation sites (N-methyl/N-ethyl adjacent to an activating group) is 1. The van der Waals surface area contributed by atoms with E-state index in [1.807, 2.05) is 27.2 Å². The van der Waals surface area contributed by atoms with Crippen molar-refractivity contribution in [2.45, 2.75) is 193 Å². The van der Waals surface area contributed by atoms with Gasteiger partial charge in [-0.1, -0.05) is 153 Å². The van der Waals surface area contributed by atoms with Gasteiger partial charge in [-0.05, 0) is 57.8 Å². The van der Waals surface area contributed by atoms with E-state index in [2.05, 4.69) is 43.5 Å². The molecular weight excluding hydrogens is 671 g/mol. The Morgan fingerprint density at radius 2 is 1.08 bits per heavy atom. The molecule has 0 spiro atoms. The summed E-state index contributed by atoms with van der Waals surface area (Å²) in [6, 6.07) is -0.902. The second-order valence-electron chi connectivity index (χ2n) is 15.7. The maximum Gasteiger partial charge on any atom is 0.268 e. The first-order valence-electron chi connectivity index (χ1n) is 21.4. The number of aliphatic hydroxyl groups excluding tert-OH is 1. The number of rotatable bonds is 38. The van der Waals surface area contributed by atoms with E-state index in [0.717, 1.165) is 38.5 Å². The number of allylic oxidation sites excluding steroid dienone is 5. The van der Waals surface area contributed by atoms with Crippen LogP contribution in [0.5, 0.6) is 0 Å². The molecule has 8 nitrogen and oxygen atoms in total. The van der Waals surface area contributed by atoms with E-state index < -0.39 is 26.6 Å². The van der Waals surface area contributed by atoms with Gasteiger partial charge in [0.15, 0.2) is 0 Å². The predicted molar refractivity (Wildman–Crippen MR) is 219 cm³/mol. The molecule has 0 fully saturated rings. The number of nitrogens with zero attached hydrogens (tertiary/aromatic N) is 1. The maximum atomic E-state index is 12.8. The van der Waals surface area contributed by atoms with Crippen LogP contribution in [-0.4, -0.2) is 68.5 Å². The van der Waals surface area contributed by atoms with Crippen molar-refractivity contribution in [3.63, 3.8) is 0 Å². The number of amides is 1. The molecule has 0 saturated heterocycles. The molecule has 0 aromatic carbocycles. The lowest BCUT2D eigenvalue weighted by atomic mass is 10.1. The normalized spacial score (nSPS) is 14.8. The molecule has 0 bridgehead atoms. The molecule has 52 heavy (non-hydrogen) atoms. The van der Waals surface area contributed by atoms with Crippen molar-refractivity contribution >= 4 is 13.7 Å². The van der Waals surface area contributed by atoms with E-state index in [1.54, 1.807) is 6.08 Å². The second kappa shape index (κ2) is 35.4. The standard InChI is InChI=1S/C43H83N2O6P/c1-6-8-10-12-14-16-18-19-20-21-22-23-24-25-26-27-29-31-33-35-37-43(47)44-41(40-51-52(48,49)50-39-38-45(3,4)5)42(46)36-34-32-30-28-17-15-13-11-9-7-2/h17,22-23,28,34,36,41-42,46H,6-16,18-21,24-27,29-33,35,37-40H2,1-5H3,(H-,44,47,48,49)/b23-22-,28-17+,36-34+. The van der Waals surface area contributed by atoms with Crippen LogP contribution in [0.1, 0.15) is 181 Å². The van der Waals surface area contributed by atoms with Crippen molar-refractivity contribution in [3.8, 4) is 0 Å². The number of hydrogen-bond acceptors (Lipinski definition) is 6. The Kier molecular flexibility index (Phi) is 34.6. The van der Waals surface area contributed by atoms with E-state index in [4.69, 9.17) is 9.05 Å². The molecule has 0 heterocycles. The number of phosphoric acid groups is 1. The minimum absolute atomic E-state index is 0.00757. The quantitative estimate of drug-likeness (QED) is 0.0281. The first-order chi connectivity index (χ1) is 25.0. The minimum atomic E-state index is -4.59. The highest BCUT2D eigenvalue weighted by Gasteiger charge is 2.23. The van der Waals surface area contributed by atoms with Crippen LogP contribution in [0.15, 0.2) is 36.5 Å². The molecule has 3 atom stereocenters. The SMILES string of the molecule is CCCCCC/C=C/CC/C=C/C(O)C(COP(=O)([O-])OCC[N+](C)(C)C)NC(=O)CCCCCCCCC/C=C\CCCCCCCCCCC. The lowest BCUT2D eigenvalue weighted by Crippen LogP contribution is -2.45. The molecule has 0 saturated carbocycles. The number of quaternary nitrogens is 1. The number of carbonyl (C=O) groups excluding carboxylic acids is 1. The van der Waals surface area contributed by atoms with Crippen LogP contribution in [0.3, 0.4) is 0 Å². The van der Waals surface area contributed by atoms with Crippen molar-refractivity contribution in [2.24, 2.45) is 0 Å². The Morgan fingerprint density at radius 3 is 1.58 bits per heavy atom. The van der Waals surface area contributed by atoms with Crippen LogP contribution in [0, 0.1) is 0 Å². The van der Waals surface area contributed by atoms with E-state index in [1.165, 1.54) is 122 Å². The Bertz CT molecular complexity index is 948. The smallest absolute Gasteiger partial charge is 0.268 e. The van der Waals surface area contributed by atoms with Gasteiger partial charge in [-0.2, -0.15) is 0 Å². The van der Waals surface area contributed by atoms with Gasteiger partial charge >= 0.3 is 0 Å². The first kappa shape index (κ1) is 50.7. The maximum absolute atomic E-state index is 12.8. The highest BCUT2D eigenvalue weighted by Crippen LogP contribution is 2.38. The third-order valence-electron chi connectivity index (χ3n) is 9.32. The van der Waals surface area contributed by atoms with Gasteiger partial charge in [0.25, 0.3) is 7.82 Å². The van der Waals surface area contributed by atoms with Crippen LogP contribution in [-0.2, 0) is 18.4 Å². The number of hydrogen-bond donors (Lipinski definition) is 2. The van der Waals surface area contributed by atoms with Gasteiger partial charge in [0.2, 0.25) is 5.91 Å². The summed E-state index contributed by atoms with van der Waals surface area (Å²) >= 11 is 0. The van der Waals surface area contributed by atoms with Crippen molar-refractivity contribution in [1.29, 1.82) is 0 Å². The van der Waals surface area contributed by atoms with Crippen LogP contribution in [0.25, 0.3) is 0 Å². The Morgan fingerprint density at radius 1 is 0.654 bits per heavy atom. The minimum Gasteiger partial charge on any atom is -0.756 e. The van der Waals surface area contributed by atoms with Crippen LogP contribution < -0.4 is 10.2 Å². The average Bonchev–Trinajstić information content (AvgIpc) is 3.09. The van der Waals surface area contributed by atoms with Gasteiger partial charge in [-0.3, -0.25) is 9.36 Å². The lowest BCUT2D eigenvalue weighted by Gasteiger charge is -2.29. The molecule has 0 aromatic rings. The molecule has 0 aromatic heterocycles. The summed E-state index contributed by atoms with van der Waals surface area (Å²) in [5.74, 6) is -0.215. The molecule has 0 aliphatic heterocycles.